The molecule has 0 radical (unpaired) electrons. The monoisotopic (exact) mass is 323 g/mol. The second kappa shape index (κ2) is 6.48. The molecule has 0 N–H and O–H groups in total. The molecule has 4 rings (SSSR count). The van der Waals surface area contributed by atoms with Crippen molar-refractivity contribution in [2.75, 3.05) is 31.6 Å². The van der Waals surface area contributed by atoms with Gasteiger partial charge >= 0.3 is 0 Å². The molecule has 1 atom stereocenters. The van der Waals surface area contributed by atoms with Crippen LogP contribution >= 0.6 is 0 Å². The summed E-state index contributed by atoms with van der Waals surface area (Å²) in [6.07, 6.45) is 6.39. The predicted molar refractivity (Wildman–Crippen MR) is 96.2 cm³/mol. The maximum Gasteiger partial charge on any atom is 0.180 e. The molecule has 0 spiro atoms. The Labute approximate surface area is 143 Å². The first-order chi connectivity index (χ1) is 11.8. The lowest BCUT2D eigenvalue weighted by Gasteiger charge is -2.24. The maximum absolute atomic E-state index is 4.95. The Hall–Kier alpha value is -2.01. The van der Waals surface area contributed by atoms with Crippen molar-refractivity contribution in [2.45, 2.75) is 38.6 Å². The molecule has 1 saturated heterocycles. The number of hydrogen-bond donors (Lipinski definition) is 0. The normalized spacial score (nSPS) is 20.0. The van der Waals surface area contributed by atoms with E-state index in [1.807, 2.05) is 24.4 Å². The van der Waals surface area contributed by atoms with Gasteiger partial charge in [0.05, 0.1) is 0 Å². The molecule has 0 bridgehead atoms. The Morgan fingerprint density at radius 2 is 2.17 bits per heavy atom. The van der Waals surface area contributed by atoms with Crippen molar-refractivity contribution in [3.63, 3.8) is 0 Å². The average molecular weight is 323 g/mol. The van der Waals surface area contributed by atoms with E-state index in [-0.39, 0.29) is 0 Å². The summed E-state index contributed by atoms with van der Waals surface area (Å²) >= 11 is 0. The molecule has 3 heterocycles. The van der Waals surface area contributed by atoms with Crippen LogP contribution in [-0.2, 0) is 12.8 Å². The number of aryl methyl sites for hydroxylation is 1. The molecule has 5 heteroatoms. The predicted octanol–water partition coefficient (Wildman–Crippen LogP) is 2.56. The summed E-state index contributed by atoms with van der Waals surface area (Å²) in [6, 6.07) is 6.56. The van der Waals surface area contributed by atoms with Gasteiger partial charge in [-0.25, -0.2) is 9.97 Å². The van der Waals surface area contributed by atoms with Crippen molar-refractivity contribution in [1.82, 2.24) is 19.9 Å². The summed E-state index contributed by atoms with van der Waals surface area (Å²) in [5.74, 6) is 1.93. The molecule has 0 amide bonds. The van der Waals surface area contributed by atoms with Gasteiger partial charge in [0.25, 0.3) is 0 Å². The molecule has 1 aliphatic carbocycles. The molecule has 24 heavy (non-hydrogen) atoms. The van der Waals surface area contributed by atoms with Gasteiger partial charge < -0.3 is 9.80 Å². The number of pyridine rings is 1. The van der Waals surface area contributed by atoms with Crippen molar-refractivity contribution in [1.29, 1.82) is 0 Å². The van der Waals surface area contributed by atoms with Crippen LogP contribution in [0.1, 0.15) is 31.0 Å². The van der Waals surface area contributed by atoms with Gasteiger partial charge in [-0.1, -0.05) is 13.0 Å². The lowest BCUT2D eigenvalue weighted by atomic mass is 10.2. The summed E-state index contributed by atoms with van der Waals surface area (Å²) in [7, 11) is 2.22. The number of aromatic nitrogens is 3. The van der Waals surface area contributed by atoms with Crippen LogP contribution in [0.2, 0.25) is 0 Å². The van der Waals surface area contributed by atoms with E-state index in [4.69, 9.17) is 9.97 Å². The molecule has 1 aliphatic heterocycles. The van der Waals surface area contributed by atoms with Crippen molar-refractivity contribution in [3.8, 4) is 11.5 Å². The molecule has 1 fully saturated rings. The Morgan fingerprint density at radius 1 is 1.25 bits per heavy atom. The number of fused-ring (bicyclic) bond motifs is 1. The van der Waals surface area contributed by atoms with E-state index in [1.165, 1.54) is 24.1 Å². The van der Waals surface area contributed by atoms with E-state index in [2.05, 4.69) is 28.8 Å². The number of anilines is 1. The molecule has 2 aromatic heterocycles. The average Bonchev–Trinajstić information content (AvgIpc) is 3.30. The van der Waals surface area contributed by atoms with Gasteiger partial charge in [-0.05, 0) is 51.4 Å². The minimum atomic E-state index is 0.625. The zero-order chi connectivity index (χ0) is 16.5. The molecule has 2 aromatic rings. The first kappa shape index (κ1) is 15.5. The summed E-state index contributed by atoms with van der Waals surface area (Å²) in [4.78, 5) is 19.1. The van der Waals surface area contributed by atoms with E-state index in [0.29, 0.717) is 6.04 Å². The Kier molecular flexibility index (Phi) is 4.19. The van der Waals surface area contributed by atoms with E-state index in [9.17, 15) is 0 Å². The number of rotatable bonds is 4. The SMILES string of the molecule is CCN(C)[C@@H]1CCN(c2nc(-c3ccccn3)nc3c2CCC3)C1. The van der Waals surface area contributed by atoms with Gasteiger partial charge in [-0.15, -0.1) is 0 Å². The second-order valence-corrected chi connectivity index (χ2v) is 6.83. The number of likely N-dealkylation sites (N-methyl/N-ethyl adjacent to an activating group) is 1. The van der Waals surface area contributed by atoms with Gasteiger partial charge in [0, 0.05) is 36.6 Å². The van der Waals surface area contributed by atoms with Gasteiger partial charge in [-0.2, -0.15) is 0 Å². The molecule has 0 saturated carbocycles. The molecule has 0 aromatic carbocycles. The molecule has 5 nitrogen and oxygen atoms in total. The zero-order valence-corrected chi connectivity index (χ0v) is 14.6. The highest BCUT2D eigenvalue weighted by molar-refractivity contribution is 5.59. The molecular weight excluding hydrogens is 298 g/mol. The topological polar surface area (TPSA) is 45.2 Å². The van der Waals surface area contributed by atoms with Crippen LogP contribution in [0.4, 0.5) is 5.82 Å². The Balaban J connectivity index is 1.69. The summed E-state index contributed by atoms with van der Waals surface area (Å²) < 4.78 is 0. The molecule has 0 unspecified atom stereocenters. The van der Waals surface area contributed by atoms with Gasteiger partial charge in [-0.3, -0.25) is 4.98 Å². The largest absolute Gasteiger partial charge is 0.355 e. The fourth-order valence-corrected chi connectivity index (χ4v) is 3.84. The highest BCUT2D eigenvalue weighted by Gasteiger charge is 2.30. The van der Waals surface area contributed by atoms with Crippen LogP contribution in [0.5, 0.6) is 0 Å². The van der Waals surface area contributed by atoms with Gasteiger partial charge in [0.15, 0.2) is 5.82 Å². The summed E-state index contributed by atoms with van der Waals surface area (Å²) in [5, 5.41) is 0. The summed E-state index contributed by atoms with van der Waals surface area (Å²) in [6.45, 7) is 5.47. The first-order valence-corrected chi connectivity index (χ1v) is 9.02. The maximum atomic E-state index is 4.95. The standard InChI is InChI=1S/C19H25N5/c1-3-23(2)14-10-12-24(13-14)19-15-7-6-9-16(15)21-18(22-19)17-8-4-5-11-20-17/h4-5,8,11,14H,3,6-7,9-10,12-13H2,1-2H3/t14-/m1/s1. The number of hydrogen-bond acceptors (Lipinski definition) is 5. The zero-order valence-electron chi connectivity index (χ0n) is 14.6. The van der Waals surface area contributed by atoms with E-state index in [0.717, 1.165) is 49.8 Å². The van der Waals surface area contributed by atoms with E-state index < -0.39 is 0 Å². The molecular formula is C19H25N5. The third-order valence-corrected chi connectivity index (χ3v) is 5.39. The van der Waals surface area contributed by atoms with Crippen molar-refractivity contribution >= 4 is 5.82 Å². The van der Waals surface area contributed by atoms with E-state index >= 15 is 0 Å². The highest BCUT2D eigenvalue weighted by Crippen LogP contribution is 2.33. The van der Waals surface area contributed by atoms with Crippen molar-refractivity contribution in [2.24, 2.45) is 0 Å². The fraction of sp³-hybridized carbons (Fsp3) is 0.526. The highest BCUT2D eigenvalue weighted by atomic mass is 15.3. The second-order valence-electron chi connectivity index (χ2n) is 6.83. The van der Waals surface area contributed by atoms with E-state index in [1.54, 1.807) is 0 Å². The van der Waals surface area contributed by atoms with Crippen LogP contribution < -0.4 is 4.90 Å². The van der Waals surface area contributed by atoms with Crippen molar-refractivity contribution < 1.29 is 0 Å². The Morgan fingerprint density at radius 3 is 2.96 bits per heavy atom. The van der Waals surface area contributed by atoms with Crippen molar-refractivity contribution in [3.05, 3.63) is 35.7 Å². The molecule has 2 aliphatic rings. The minimum Gasteiger partial charge on any atom is -0.355 e. The third-order valence-electron chi connectivity index (χ3n) is 5.39. The third kappa shape index (κ3) is 2.77. The molecule has 126 valence electrons. The van der Waals surface area contributed by atoms with Gasteiger partial charge in [0.2, 0.25) is 0 Å². The van der Waals surface area contributed by atoms with Gasteiger partial charge in [0.1, 0.15) is 11.5 Å². The van der Waals surface area contributed by atoms with Crippen LogP contribution in [0.15, 0.2) is 24.4 Å². The van der Waals surface area contributed by atoms with Crippen LogP contribution in [0, 0.1) is 0 Å². The van der Waals surface area contributed by atoms with Crippen LogP contribution in [-0.4, -0.2) is 52.6 Å². The van der Waals surface area contributed by atoms with Crippen LogP contribution in [0.3, 0.4) is 0 Å². The summed E-state index contributed by atoms with van der Waals surface area (Å²) in [5.41, 5.74) is 3.47. The fourth-order valence-electron chi connectivity index (χ4n) is 3.84. The smallest absolute Gasteiger partial charge is 0.180 e. The minimum absolute atomic E-state index is 0.625. The first-order valence-electron chi connectivity index (χ1n) is 9.02. The Bertz CT molecular complexity index is 715. The number of nitrogens with zero attached hydrogens (tertiary/aromatic N) is 5. The quantitative estimate of drug-likeness (QED) is 0.865. The lowest BCUT2D eigenvalue weighted by molar-refractivity contribution is 0.272. The van der Waals surface area contributed by atoms with Crippen LogP contribution in [0.25, 0.3) is 11.5 Å². The lowest BCUT2D eigenvalue weighted by Crippen LogP contribution is -2.34.